The van der Waals surface area contributed by atoms with E-state index in [1.165, 1.54) is 5.56 Å². The number of H-pyrrole nitrogens is 1. The molecular weight excluding hydrogens is 448 g/mol. The van der Waals surface area contributed by atoms with E-state index in [0.717, 1.165) is 33.3 Å². The Bertz CT molecular complexity index is 1210. The van der Waals surface area contributed by atoms with E-state index in [1.54, 1.807) is 6.07 Å². The smallest absolute Gasteiger partial charge is 0.251 e. The van der Waals surface area contributed by atoms with E-state index < -0.39 is 0 Å². The van der Waals surface area contributed by atoms with Crippen molar-refractivity contribution in [2.75, 3.05) is 0 Å². The van der Waals surface area contributed by atoms with Gasteiger partial charge in [0.05, 0.1) is 11.6 Å². The van der Waals surface area contributed by atoms with Gasteiger partial charge in [-0.2, -0.15) is 0 Å². The molecule has 1 unspecified atom stereocenters. The standard InChI is InChI=1S/C27H25BrN2O/c1-18(2)16-19-12-14-20(15-13-19)26(22-10-6-7-11-23(22)28)24-17-25(31)30-27(29-24)21-8-4-3-5-9-21/h3-15,17-18,26H,16H2,1-2H3,(H,29,30,31). The van der Waals surface area contributed by atoms with E-state index in [-0.39, 0.29) is 11.5 Å². The third kappa shape index (κ3) is 5.02. The Morgan fingerprint density at radius 1 is 0.903 bits per heavy atom. The topological polar surface area (TPSA) is 45.8 Å². The Morgan fingerprint density at radius 3 is 2.26 bits per heavy atom. The van der Waals surface area contributed by atoms with Crippen LogP contribution in [-0.2, 0) is 6.42 Å². The molecule has 0 radical (unpaired) electrons. The predicted molar refractivity (Wildman–Crippen MR) is 130 cm³/mol. The maximum atomic E-state index is 12.6. The van der Waals surface area contributed by atoms with Gasteiger partial charge in [0.25, 0.3) is 5.56 Å². The maximum Gasteiger partial charge on any atom is 0.251 e. The molecule has 0 saturated heterocycles. The number of aromatic nitrogens is 2. The third-order valence-corrected chi connectivity index (χ3v) is 6.00. The van der Waals surface area contributed by atoms with Gasteiger partial charge in [-0.25, -0.2) is 4.98 Å². The molecule has 0 amide bonds. The molecular formula is C27H25BrN2O. The van der Waals surface area contributed by atoms with Crippen molar-refractivity contribution in [3.8, 4) is 11.4 Å². The van der Waals surface area contributed by atoms with Crippen LogP contribution in [-0.4, -0.2) is 9.97 Å². The highest BCUT2D eigenvalue weighted by molar-refractivity contribution is 9.10. The molecule has 156 valence electrons. The molecule has 4 rings (SSSR count). The van der Waals surface area contributed by atoms with Gasteiger partial charge in [-0.05, 0) is 35.1 Å². The molecule has 0 aliphatic carbocycles. The summed E-state index contributed by atoms with van der Waals surface area (Å²) in [5, 5.41) is 0. The number of halogens is 1. The summed E-state index contributed by atoms with van der Waals surface area (Å²) in [6.45, 7) is 4.45. The van der Waals surface area contributed by atoms with Crippen molar-refractivity contribution in [1.29, 1.82) is 0 Å². The minimum atomic E-state index is -0.159. The second kappa shape index (κ2) is 9.44. The summed E-state index contributed by atoms with van der Waals surface area (Å²) in [6, 6.07) is 28.2. The SMILES string of the molecule is CC(C)Cc1ccc(C(c2cc(=O)[nH]c(-c3ccccc3)n2)c2ccccc2Br)cc1. The molecule has 0 fully saturated rings. The summed E-state index contributed by atoms with van der Waals surface area (Å²) in [5.74, 6) is 1.03. The van der Waals surface area contributed by atoms with Crippen LogP contribution in [0.3, 0.4) is 0 Å². The van der Waals surface area contributed by atoms with Gasteiger partial charge < -0.3 is 4.98 Å². The molecule has 3 nitrogen and oxygen atoms in total. The average molecular weight is 473 g/mol. The molecule has 0 aliphatic heterocycles. The lowest BCUT2D eigenvalue weighted by Crippen LogP contribution is -2.15. The Balaban J connectivity index is 1.85. The molecule has 0 aliphatic rings. The van der Waals surface area contributed by atoms with Crippen molar-refractivity contribution in [3.05, 3.63) is 122 Å². The molecule has 1 aromatic heterocycles. The van der Waals surface area contributed by atoms with Crippen LogP contribution in [0, 0.1) is 5.92 Å². The minimum absolute atomic E-state index is 0.155. The van der Waals surface area contributed by atoms with Crippen molar-refractivity contribution >= 4 is 15.9 Å². The van der Waals surface area contributed by atoms with E-state index in [4.69, 9.17) is 4.98 Å². The van der Waals surface area contributed by atoms with Crippen LogP contribution in [0.5, 0.6) is 0 Å². The van der Waals surface area contributed by atoms with Crippen molar-refractivity contribution in [2.24, 2.45) is 5.92 Å². The first-order chi connectivity index (χ1) is 15.0. The predicted octanol–water partition coefficient (Wildman–Crippen LogP) is 6.58. The first kappa shape index (κ1) is 21.3. The molecule has 3 aromatic carbocycles. The van der Waals surface area contributed by atoms with Gasteiger partial charge in [-0.1, -0.05) is 103 Å². The zero-order valence-electron chi connectivity index (χ0n) is 17.7. The zero-order valence-corrected chi connectivity index (χ0v) is 19.3. The summed E-state index contributed by atoms with van der Waals surface area (Å²) in [7, 11) is 0. The zero-order chi connectivity index (χ0) is 21.8. The number of nitrogens with zero attached hydrogens (tertiary/aromatic N) is 1. The molecule has 1 N–H and O–H groups in total. The fraction of sp³-hybridized carbons (Fsp3) is 0.185. The van der Waals surface area contributed by atoms with Gasteiger partial charge >= 0.3 is 0 Å². The van der Waals surface area contributed by atoms with Crippen molar-refractivity contribution in [3.63, 3.8) is 0 Å². The fourth-order valence-corrected chi connectivity index (χ4v) is 4.41. The van der Waals surface area contributed by atoms with Gasteiger partial charge in [0, 0.05) is 16.1 Å². The van der Waals surface area contributed by atoms with E-state index in [9.17, 15) is 4.79 Å². The second-order valence-corrected chi connectivity index (χ2v) is 9.03. The monoisotopic (exact) mass is 472 g/mol. The number of hydrogen-bond donors (Lipinski definition) is 1. The van der Waals surface area contributed by atoms with Crippen LogP contribution < -0.4 is 5.56 Å². The van der Waals surface area contributed by atoms with Crippen LogP contribution in [0.4, 0.5) is 0 Å². The molecule has 4 aromatic rings. The number of hydrogen-bond acceptors (Lipinski definition) is 2. The van der Waals surface area contributed by atoms with Crippen molar-refractivity contribution in [2.45, 2.75) is 26.2 Å². The summed E-state index contributed by atoms with van der Waals surface area (Å²) < 4.78 is 0.995. The maximum absolute atomic E-state index is 12.6. The van der Waals surface area contributed by atoms with E-state index in [1.807, 2.05) is 48.5 Å². The Morgan fingerprint density at radius 2 is 1.58 bits per heavy atom. The molecule has 1 atom stereocenters. The summed E-state index contributed by atoms with van der Waals surface area (Å²) in [6.07, 6.45) is 1.04. The number of benzene rings is 3. The average Bonchev–Trinajstić information content (AvgIpc) is 2.76. The van der Waals surface area contributed by atoms with Gasteiger partial charge in [-0.15, -0.1) is 0 Å². The normalized spacial score (nSPS) is 12.1. The lowest BCUT2D eigenvalue weighted by molar-refractivity contribution is 0.647. The Kier molecular flexibility index (Phi) is 6.47. The highest BCUT2D eigenvalue weighted by Gasteiger charge is 2.22. The Labute approximate surface area is 191 Å². The molecule has 0 saturated carbocycles. The van der Waals surface area contributed by atoms with Crippen molar-refractivity contribution in [1.82, 2.24) is 9.97 Å². The van der Waals surface area contributed by atoms with Gasteiger partial charge in [0.15, 0.2) is 0 Å². The lowest BCUT2D eigenvalue weighted by atomic mass is 9.87. The van der Waals surface area contributed by atoms with Gasteiger partial charge in [0.2, 0.25) is 0 Å². The number of nitrogens with one attached hydrogen (secondary N) is 1. The highest BCUT2D eigenvalue weighted by atomic mass is 79.9. The molecule has 4 heteroatoms. The van der Waals surface area contributed by atoms with Crippen LogP contribution in [0.15, 0.2) is 94.2 Å². The molecule has 1 heterocycles. The van der Waals surface area contributed by atoms with E-state index >= 15 is 0 Å². The minimum Gasteiger partial charge on any atom is -0.307 e. The Hall–Kier alpha value is -2.98. The second-order valence-electron chi connectivity index (χ2n) is 8.18. The van der Waals surface area contributed by atoms with E-state index in [0.29, 0.717) is 11.7 Å². The lowest BCUT2D eigenvalue weighted by Gasteiger charge is -2.20. The van der Waals surface area contributed by atoms with Crippen LogP contribution >= 0.6 is 15.9 Å². The quantitative estimate of drug-likeness (QED) is 0.344. The summed E-state index contributed by atoms with van der Waals surface area (Å²) in [4.78, 5) is 20.4. The van der Waals surface area contributed by atoms with Crippen molar-refractivity contribution < 1.29 is 0 Å². The fourth-order valence-electron chi connectivity index (χ4n) is 3.89. The molecule has 0 spiro atoms. The van der Waals surface area contributed by atoms with E-state index in [2.05, 4.69) is 65.1 Å². The number of rotatable bonds is 6. The summed E-state index contributed by atoms with van der Waals surface area (Å²) in [5.41, 5.74) is 4.96. The first-order valence-electron chi connectivity index (χ1n) is 10.5. The number of aromatic amines is 1. The van der Waals surface area contributed by atoms with Crippen LogP contribution in [0.2, 0.25) is 0 Å². The third-order valence-electron chi connectivity index (χ3n) is 5.28. The van der Waals surface area contributed by atoms with Gasteiger partial charge in [0.1, 0.15) is 5.82 Å². The highest BCUT2D eigenvalue weighted by Crippen LogP contribution is 2.35. The largest absolute Gasteiger partial charge is 0.307 e. The first-order valence-corrected chi connectivity index (χ1v) is 11.3. The summed E-state index contributed by atoms with van der Waals surface area (Å²) >= 11 is 3.71. The molecule has 0 bridgehead atoms. The van der Waals surface area contributed by atoms with Crippen LogP contribution in [0.25, 0.3) is 11.4 Å². The van der Waals surface area contributed by atoms with Gasteiger partial charge in [-0.3, -0.25) is 4.79 Å². The van der Waals surface area contributed by atoms with Crippen LogP contribution in [0.1, 0.15) is 42.1 Å². The molecule has 31 heavy (non-hydrogen) atoms.